The molecule has 7 heteroatoms. The third-order valence-electron chi connectivity index (χ3n) is 3.48. The van der Waals surface area contributed by atoms with Gasteiger partial charge in [0.15, 0.2) is 0 Å². The highest BCUT2D eigenvalue weighted by atomic mass is 32.1. The average Bonchev–Trinajstić information content (AvgIpc) is 3.13. The second-order valence-electron chi connectivity index (χ2n) is 5.36. The molecule has 1 atom stereocenters. The Balaban J connectivity index is 1.74. The van der Waals surface area contributed by atoms with Gasteiger partial charge in [0.05, 0.1) is 26.2 Å². The number of hydrogen-bond donors (Lipinski definition) is 2. The highest BCUT2D eigenvalue weighted by Gasteiger charge is 2.18. The number of aliphatic carboxylic acids is 1. The fourth-order valence-electron chi connectivity index (χ4n) is 2.25. The lowest BCUT2D eigenvalue weighted by molar-refractivity contribution is -0.137. The van der Waals surface area contributed by atoms with Crippen LogP contribution in [0.5, 0.6) is 11.5 Å². The quantitative estimate of drug-likeness (QED) is 0.633. The van der Waals surface area contributed by atoms with Crippen molar-refractivity contribution in [1.29, 1.82) is 0 Å². The number of thiophene rings is 1. The molecule has 0 saturated heterocycles. The minimum Gasteiger partial charge on any atom is -0.497 e. The smallest absolute Gasteiger partial charge is 0.305 e. The average molecular weight is 363 g/mol. The molecule has 25 heavy (non-hydrogen) atoms. The summed E-state index contributed by atoms with van der Waals surface area (Å²) in [6.45, 7) is 0.405. The fraction of sp³-hybridized carbons (Fsp3) is 0.333. The number of amides is 1. The molecule has 0 fully saturated rings. The number of benzene rings is 1. The third-order valence-corrected chi connectivity index (χ3v) is 4.46. The van der Waals surface area contributed by atoms with Gasteiger partial charge in [0.25, 0.3) is 0 Å². The Kier molecular flexibility index (Phi) is 7.28. The van der Waals surface area contributed by atoms with E-state index in [1.54, 1.807) is 31.4 Å². The Bertz CT molecular complexity index is 669. The van der Waals surface area contributed by atoms with Crippen LogP contribution in [0.1, 0.15) is 30.2 Å². The largest absolute Gasteiger partial charge is 0.497 e. The molecule has 1 heterocycles. The van der Waals surface area contributed by atoms with Gasteiger partial charge in [-0.05, 0) is 42.1 Å². The summed E-state index contributed by atoms with van der Waals surface area (Å²) in [6, 6.07) is 10.4. The SMILES string of the molecule is COc1ccc(OCCCC(=O)N[C@H](CC(=O)O)c2cccs2)cc1. The van der Waals surface area contributed by atoms with Crippen molar-refractivity contribution < 1.29 is 24.2 Å². The lowest BCUT2D eigenvalue weighted by Gasteiger charge is -2.15. The molecule has 134 valence electrons. The summed E-state index contributed by atoms with van der Waals surface area (Å²) in [4.78, 5) is 23.9. The molecule has 6 nitrogen and oxygen atoms in total. The maximum atomic E-state index is 12.1. The van der Waals surface area contributed by atoms with Gasteiger partial charge < -0.3 is 19.9 Å². The first-order valence-corrected chi connectivity index (χ1v) is 8.78. The number of hydrogen-bond acceptors (Lipinski definition) is 5. The van der Waals surface area contributed by atoms with Crippen molar-refractivity contribution in [2.24, 2.45) is 0 Å². The second-order valence-corrected chi connectivity index (χ2v) is 6.34. The zero-order valence-corrected chi connectivity index (χ0v) is 14.8. The highest BCUT2D eigenvalue weighted by Crippen LogP contribution is 2.22. The summed E-state index contributed by atoms with van der Waals surface area (Å²) >= 11 is 1.43. The lowest BCUT2D eigenvalue weighted by Crippen LogP contribution is -2.29. The van der Waals surface area contributed by atoms with Crippen molar-refractivity contribution in [1.82, 2.24) is 5.32 Å². The van der Waals surface area contributed by atoms with Crippen molar-refractivity contribution in [2.45, 2.75) is 25.3 Å². The van der Waals surface area contributed by atoms with Gasteiger partial charge in [0, 0.05) is 11.3 Å². The van der Waals surface area contributed by atoms with Gasteiger partial charge in [-0.25, -0.2) is 0 Å². The zero-order valence-electron chi connectivity index (χ0n) is 13.9. The molecule has 2 rings (SSSR count). The van der Waals surface area contributed by atoms with Crippen molar-refractivity contribution in [3.05, 3.63) is 46.7 Å². The van der Waals surface area contributed by atoms with E-state index in [9.17, 15) is 9.59 Å². The van der Waals surface area contributed by atoms with E-state index in [1.807, 2.05) is 17.5 Å². The molecule has 0 unspecified atom stereocenters. The van der Waals surface area contributed by atoms with Crippen LogP contribution in [0.15, 0.2) is 41.8 Å². The molecule has 2 N–H and O–H groups in total. The number of methoxy groups -OCH3 is 1. The van der Waals surface area contributed by atoms with E-state index >= 15 is 0 Å². The summed E-state index contributed by atoms with van der Waals surface area (Å²) in [5, 5.41) is 13.6. The topological polar surface area (TPSA) is 84.9 Å². The highest BCUT2D eigenvalue weighted by molar-refractivity contribution is 7.10. The van der Waals surface area contributed by atoms with E-state index < -0.39 is 12.0 Å². The molecule has 0 radical (unpaired) electrons. The maximum absolute atomic E-state index is 12.1. The van der Waals surface area contributed by atoms with Crippen molar-refractivity contribution >= 4 is 23.2 Å². The molecule has 0 spiro atoms. The number of carbonyl (C=O) groups excluding carboxylic acids is 1. The number of nitrogens with one attached hydrogen (secondary N) is 1. The van der Waals surface area contributed by atoms with Gasteiger partial charge in [0.2, 0.25) is 5.91 Å². The summed E-state index contributed by atoms with van der Waals surface area (Å²) in [7, 11) is 1.60. The van der Waals surface area contributed by atoms with Gasteiger partial charge in [-0.1, -0.05) is 6.07 Å². The molecule has 1 aromatic carbocycles. The molecule has 0 aliphatic carbocycles. The van der Waals surface area contributed by atoms with Gasteiger partial charge >= 0.3 is 5.97 Å². The summed E-state index contributed by atoms with van der Waals surface area (Å²) in [5.41, 5.74) is 0. The number of carboxylic acids is 1. The Hall–Kier alpha value is -2.54. The fourth-order valence-corrected chi connectivity index (χ4v) is 3.03. The van der Waals surface area contributed by atoms with Crippen LogP contribution >= 0.6 is 11.3 Å². The van der Waals surface area contributed by atoms with Crippen LogP contribution in [0, 0.1) is 0 Å². The van der Waals surface area contributed by atoms with E-state index in [0.717, 1.165) is 10.6 Å². The van der Waals surface area contributed by atoms with Crippen molar-refractivity contribution in [3.63, 3.8) is 0 Å². The van der Waals surface area contributed by atoms with Gasteiger partial charge in [-0.3, -0.25) is 9.59 Å². The van der Waals surface area contributed by atoms with Crippen molar-refractivity contribution in [2.75, 3.05) is 13.7 Å². The van der Waals surface area contributed by atoms with Gasteiger partial charge in [0.1, 0.15) is 11.5 Å². The molecule has 1 aromatic heterocycles. The Morgan fingerprint density at radius 2 is 1.92 bits per heavy atom. The normalized spacial score (nSPS) is 11.6. The minimum atomic E-state index is -0.943. The minimum absolute atomic E-state index is 0.130. The van der Waals surface area contributed by atoms with Gasteiger partial charge in [-0.15, -0.1) is 11.3 Å². The number of carboxylic acid groups (broad SMARTS) is 1. The molecule has 0 bridgehead atoms. The second kappa shape index (κ2) is 9.68. The van der Waals surface area contributed by atoms with E-state index in [4.69, 9.17) is 14.6 Å². The van der Waals surface area contributed by atoms with Crippen LogP contribution in [0.2, 0.25) is 0 Å². The van der Waals surface area contributed by atoms with E-state index in [1.165, 1.54) is 11.3 Å². The van der Waals surface area contributed by atoms with Crippen LogP contribution in [0.25, 0.3) is 0 Å². The molecule has 0 saturated carbocycles. The Morgan fingerprint density at radius 3 is 2.52 bits per heavy atom. The first kappa shape index (κ1) is 18.8. The number of carbonyl (C=O) groups is 2. The number of ether oxygens (including phenoxy) is 2. The molecule has 2 aromatic rings. The van der Waals surface area contributed by atoms with Crippen LogP contribution in [0.3, 0.4) is 0 Å². The van der Waals surface area contributed by atoms with Crippen LogP contribution in [0.4, 0.5) is 0 Å². The molecule has 0 aliphatic rings. The summed E-state index contributed by atoms with van der Waals surface area (Å²) in [5.74, 6) is 0.341. The van der Waals surface area contributed by atoms with E-state index in [2.05, 4.69) is 5.32 Å². The first-order chi connectivity index (χ1) is 12.1. The Labute approximate surface area is 150 Å². The van der Waals surface area contributed by atoms with Crippen LogP contribution in [-0.2, 0) is 9.59 Å². The first-order valence-electron chi connectivity index (χ1n) is 7.90. The maximum Gasteiger partial charge on any atom is 0.305 e. The predicted molar refractivity (Wildman–Crippen MR) is 95.2 cm³/mol. The van der Waals surface area contributed by atoms with E-state index in [0.29, 0.717) is 18.8 Å². The Morgan fingerprint density at radius 1 is 1.20 bits per heavy atom. The zero-order chi connectivity index (χ0) is 18.1. The van der Waals surface area contributed by atoms with E-state index in [-0.39, 0.29) is 18.7 Å². The third kappa shape index (κ3) is 6.46. The molecule has 1 amide bonds. The van der Waals surface area contributed by atoms with Gasteiger partial charge in [-0.2, -0.15) is 0 Å². The summed E-state index contributed by atoms with van der Waals surface area (Å²) in [6.07, 6.45) is 0.689. The summed E-state index contributed by atoms with van der Waals surface area (Å²) < 4.78 is 10.6. The molecular weight excluding hydrogens is 342 g/mol. The van der Waals surface area contributed by atoms with Crippen LogP contribution in [-0.4, -0.2) is 30.7 Å². The molecular formula is C18H21NO5S. The number of rotatable bonds is 10. The van der Waals surface area contributed by atoms with Crippen LogP contribution < -0.4 is 14.8 Å². The predicted octanol–water partition coefficient (Wildman–Crippen LogP) is 3.25. The standard InChI is InChI=1S/C18H21NO5S/c1-23-13-6-8-14(9-7-13)24-10-2-5-17(20)19-15(12-18(21)22)16-4-3-11-25-16/h3-4,6-9,11,15H,2,5,10,12H2,1H3,(H,19,20)(H,21,22)/t15-/m1/s1. The molecule has 0 aliphatic heterocycles. The monoisotopic (exact) mass is 363 g/mol. The van der Waals surface area contributed by atoms with Crippen molar-refractivity contribution in [3.8, 4) is 11.5 Å². The lowest BCUT2D eigenvalue weighted by atomic mass is 10.1.